The Bertz CT molecular complexity index is 485. The van der Waals surface area contributed by atoms with Crippen LogP contribution in [0.4, 0.5) is 5.82 Å². The molecule has 0 aromatic carbocycles. The van der Waals surface area contributed by atoms with E-state index in [1.165, 1.54) is 12.8 Å². The van der Waals surface area contributed by atoms with E-state index in [0.717, 1.165) is 25.2 Å². The average Bonchev–Trinajstić information content (AvgIpc) is 2.86. The van der Waals surface area contributed by atoms with Crippen LogP contribution in [0.2, 0.25) is 0 Å². The van der Waals surface area contributed by atoms with Gasteiger partial charge in [-0.15, -0.1) is 0 Å². The first-order valence-electron chi connectivity index (χ1n) is 7.58. The van der Waals surface area contributed by atoms with Crippen LogP contribution < -0.4 is 5.73 Å². The van der Waals surface area contributed by atoms with Gasteiger partial charge in [-0.25, -0.2) is 4.98 Å². The van der Waals surface area contributed by atoms with Gasteiger partial charge in [0.15, 0.2) is 0 Å². The lowest BCUT2D eigenvalue weighted by atomic mass is 10.0. The van der Waals surface area contributed by atoms with Crippen LogP contribution in [-0.4, -0.2) is 28.9 Å². The molecule has 2 rings (SSSR count). The van der Waals surface area contributed by atoms with E-state index in [2.05, 4.69) is 25.8 Å². The molecule has 1 aliphatic heterocycles. The highest BCUT2D eigenvalue weighted by Gasteiger charge is 2.26. The van der Waals surface area contributed by atoms with Gasteiger partial charge in [0.1, 0.15) is 5.82 Å². The Hall–Kier alpha value is -1.58. The zero-order chi connectivity index (χ0) is 14.7. The molecule has 0 bridgehead atoms. The summed E-state index contributed by atoms with van der Waals surface area (Å²) < 4.78 is 0. The lowest BCUT2D eigenvalue weighted by Gasteiger charge is -2.17. The van der Waals surface area contributed by atoms with Gasteiger partial charge in [0, 0.05) is 24.3 Å². The largest absolute Gasteiger partial charge is 0.384 e. The van der Waals surface area contributed by atoms with Gasteiger partial charge >= 0.3 is 0 Å². The Morgan fingerprint density at radius 1 is 1.50 bits per heavy atom. The van der Waals surface area contributed by atoms with Crippen LogP contribution in [0.15, 0.2) is 12.1 Å². The smallest absolute Gasteiger partial charge is 0.254 e. The Kier molecular flexibility index (Phi) is 4.63. The minimum Gasteiger partial charge on any atom is -0.384 e. The fourth-order valence-electron chi connectivity index (χ4n) is 2.84. The molecule has 0 radical (unpaired) electrons. The number of likely N-dealkylation sites (tertiary alicyclic amines) is 1. The highest BCUT2D eigenvalue weighted by molar-refractivity contribution is 5.95. The minimum absolute atomic E-state index is 0.0969. The van der Waals surface area contributed by atoms with Crippen molar-refractivity contribution in [2.75, 3.05) is 18.8 Å². The molecule has 20 heavy (non-hydrogen) atoms. The number of hydrogen-bond donors (Lipinski definition) is 1. The van der Waals surface area contributed by atoms with E-state index in [1.54, 1.807) is 6.07 Å². The van der Waals surface area contributed by atoms with Crippen molar-refractivity contribution in [2.24, 2.45) is 5.92 Å². The maximum absolute atomic E-state index is 12.6. The van der Waals surface area contributed by atoms with E-state index >= 15 is 0 Å². The number of hydrogen-bond acceptors (Lipinski definition) is 3. The molecular weight excluding hydrogens is 250 g/mol. The first-order valence-corrected chi connectivity index (χ1v) is 7.58. The molecule has 1 aromatic heterocycles. The number of anilines is 1. The van der Waals surface area contributed by atoms with Gasteiger partial charge in [0.25, 0.3) is 5.91 Å². The Balaban J connectivity index is 2.13. The van der Waals surface area contributed by atoms with Crippen molar-refractivity contribution in [2.45, 2.75) is 46.0 Å². The molecule has 1 aliphatic rings. The fourth-order valence-corrected chi connectivity index (χ4v) is 2.84. The van der Waals surface area contributed by atoms with E-state index in [0.29, 0.717) is 17.3 Å². The maximum Gasteiger partial charge on any atom is 0.254 e. The zero-order valence-corrected chi connectivity index (χ0v) is 12.7. The molecule has 4 nitrogen and oxygen atoms in total. The molecule has 4 heteroatoms. The first-order chi connectivity index (χ1) is 9.51. The van der Waals surface area contributed by atoms with Crippen LogP contribution in [0, 0.1) is 5.92 Å². The Labute approximate surface area is 121 Å². The van der Waals surface area contributed by atoms with Crippen molar-refractivity contribution < 1.29 is 4.79 Å². The molecular formula is C16H25N3O. The lowest BCUT2D eigenvalue weighted by Crippen LogP contribution is -2.29. The molecule has 110 valence electrons. The van der Waals surface area contributed by atoms with Crippen molar-refractivity contribution in [1.82, 2.24) is 9.88 Å². The number of pyridine rings is 1. The maximum atomic E-state index is 12.6. The quantitative estimate of drug-likeness (QED) is 0.918. The van der Waals surface area contributed by atoms with Gasteiger partial charge in [0.05, 0.1) is 0 Å². The molecule has 1 saturated heterocycles. The molecule has 0 spiro atoms. The van der Waals surface area contributed by atoms with Crippen LogP contribution in [0.5, 0.6) is 0 Å². The van der Waals surface area contributed by atoms with Gasteiger partial charge in [-0.2, -0.15) is 0 Å². The predicted molar refractivity (Wildman–Crippen MR) is 81.7 cm³/mol. The molecule has 2 N–H and O–H groups in total. The summed E-state index contributed by atoms with van der Waals surface area (Å²) in [5, 5.41) is 0. The van der Waals surface area contributed by atoms with Crippen molar-refractivity contribution in [3.05, 3.63) is 23.4 Å². The van der Waals surface area contributed by atoms with E-state index in [1.807, 2.05) is 11.0 Å². The third-order valence-corrected chi connectivity index (χ3v) is 3.97. The SMILES string of the molecule is CCCC1CCN(C(=O)c2cc(N)nc(C(C)C)c2)C1. The summed E-state index contributed by atoms with van der Waals surface area (Å²) in [6.45, 7) is 8.06. The molecule has 0 aliphatic carbocycles. The third-order valence-electron chi connectivity index (χ3n) is 3.97. The number of nitrogen functional groups attached to an aromatic ring is 1. The minimum atomic E-state index is 0.0969. The second-order valence-corrected chi connectivity index (χ2v) is 6.05. The van der Waals surface area contributed by atoms with Gasteiger partial charge in [-0.05, 0) is 36.8 Å². The van der Waals surface area contributed by atoms with E-state index in [4.69, 9.17) is 5.73 Å². The number of amides is 1. The highest BCUT2D eigenvalue weighted by atomic mass is 16.2. The summed E-state index contributed by atoms with van der Waals surface area (Å²) in [4.78, 5) is 18.8. The van der Waals surface area contributed by atoms with Crippen molar-refractivity contribution in [3.8, 4) is 0 Å². The zero-order valence-electron chi connectivity index (χ0n) is 12.7. The molecule has 1 aromatic rings. The summed E-state index contributed by atoms with van der Waals surface area (Å²) in [5.74, 6) is 1.47. The van der Waals surface area contributed by atoms with Crippen LogP contribution in [-0.2, 0) is 0 Å². The predicted octanol–water partition coefficient (Wildman–Crippen LogP) is 3.05. The van der Waals surface area contributed by atoms with Gasteiger partial charge in [0.2, 0.25) is 0 Å². The molecule has 1 unspecified atom stereocenters. The van der Waals surface area contributed by atoms with Crippen LogP contribution in [0.25, 0.3) is 0 Å². The van der Waals surface area contributed by atoms with Crippen LogP contribution >= 0.6 is 0 Å². The van der Waals surface area contributed by atoms with Crippen molar-refractivity contribution in [1.29, 1.82) is 0 Å². The number of nitrogens with zero attached hydrogens (tertiary/aromatic N) is 2. The van der Waals surface area contributed by atoms with E-state index in [-0.39, 0.29) is 11.8 Å². The van der Waals surface area contributed by atoms with Gasteiger partial charge < -0.3 is 10.6 Å². The third kappa shape index (κ3) is 3.30. The lowest BCUT2D eigenvalue weighted by molar-refractivity contribution is 0.0786. The van der Waals surface area contributed by atoms with Gasteiger partial charge in [-0.3, -0.25) is 4.79 Å². The van der Waals surface area contributed by atoms with E-state index < -0.39 is 0 Å². The number of nitrogens with two attached hydrogens (primary N) is 1. The summed E-state index contributed by atoms with van der Waals surface area (Å²) in [6, 6.07) is 3.58. The standard InChI is InChI=1S/C16H25N3O/c1-4-5-12-6-7-19(10-12)16(20)13-8-14(11(2)3)18-15(17)9-13/h8-9,11-12H,4-7,10H2,1-3H3,(H2,17,18). The molecule has 2 heterocycles. The second-order valence-electron chi connectivity index (χ2n) is 6.05. The number of rotatable bonds is 4. The van der Waals surface area contributed by atoms with Crippen molar-refractivity contribution >= 4 is 11.7 Å². The molecule has 1 fully saturated rings. The summed E-state index contributed by atoms with van der Waals surface area (Å²) in [6.07, 6.45) is 3.52. The number of carbonyl (C=O) groups excluding carboxylic acids is 1. The number of aromatic nitrogens is 1. The van der Waals surface area contributed by atoms with Crippen molar-refractivity contribution in [3.63, 3.8) is 0 Å². The molecule has 1 atom stereocenters. The fraction of sp³-hybridized carbons (Fsp3) is 0.625. The second kappa shape index (κ2) is 6.25. The Morgan fingerprint density at radius 3 is 2.90 bits per heavy atom. The van der Waals surface area contributed by atoms with Gasteiger partial charge in [-0.1, -0.05) is 27.2 Å². The Morgan fingerprint density at radius 2 is 2.25 bits per heavy atom. The van der Waals surface area contributed by atoms with Crippen LogP contribution in [0.1, 0.15) is 62.0 Å². The topological polar surface area (TPSA) is 59.2 Å². The molecule has 1 amide bonds. The first kappa shape index (κ1) is 14.8. The van der Waals surface area contributed by atoms with E-state index in [9.17, 15) is 4.79 Å². The highest BCUT2D eigenvalue weighted by Crippen LogP contribution is 2.24. The summed E-state index contributed by atoms with van der Waals surface area (Å²) in [7, 11) is 0. The normalized spacial score (nSPS) is 18.8. The summed E-state index contributed by atoms with van der Waals surface area (Å²) >= 11 is 0. The molecule has 0 saturated carbocycles. The average molecular weight is 275 g/mol. The number of carbonyl (C=O) groups is 1. The monoisotopic (exact) mass is 275 g/mol. The summed E-state index contributed by atoms with van der Waals surface area (Å²) in [5.41, 5.74) is 7.39. The van der Waals surface area contributed by atoms with Crippen LogP contribution in [0.3, 0.4) is 0 Å².